The van der Waals surface area contributed by atoms with E-state index in [9.17, 15) is 14.9 Å². The van der Waals surface area contributed by atoms with Crippen LogP contribution < -0.4 is 11.1 Å². The van der Waals surface area contributed by atoms with Crippen LogP contribution in [-0.4, -0.2) is 35.1 Å². The molecular weight excluding hydrogens is 320 g/mol. The number of nitrogens with one attached hydrogen (secondary N) is 1. The van der Waals surface area contributed by atoms with E-state index in [2.05, 4.69) is 9.88 Å². The van der Waals surface area contributed by atoms with Crippen LogP contribution in [0.3, 0.4) is 0 Å². The average Bonchev–Trinajstić information content (AvgIpc) is 3.16. The summed E-state index contributed by atoms with van der Waals surface area (Å²) in [4.78, 5) is 23.2. The van der Waals surface area contributed by atoms with E-state index in [0.29, 0.717) is 0 Å². The van der Waals surface area contributed by atoms with Crippen LogP contribution in [0.5, 0.6) is 0 Å². The van der Waals surface area contributed by atoms with Gasteiger partial charge in [0.15, 0.2) is 0 Å². The number of nitrogens with zero attached hydrogens (tertiary/aromatic N) is 2. The summed E-state index contributed by atoms with van der Waals surface area (Å²) in [6.07, 6.45) is 3.86. The summed E-state index contributed by atoms with van der Waals surface area (Å²) in [7, 11) is 0. The number of carbonyl (C=O) groups is 2. The summed E-state index contributed by atoms with van der Waals surface area (Å²) in [6, 6.07) is 2.99. The first-order valence-electron chi connectivity index (χ1n) is 8.33. The van der Waals surface area contributed by atoms with E-state index in [1.165, 1.54) is 13.0 Å². The second-order valence-electron chi connectivity index (χ2n) is 6.34. The highest BCUT2D eigenvalue weighted by atomic mass is 16.5. The average molecular weight is 344 g/mol. The highest BCUT2D eigenvalue weighted by molar-refractivity contribution is 6.03. The number of carbonyl (C=O) groups excluding carboxylic acids is 2. The third kappa shape index (κ3) is 4.48. The Kier molecular flexibility index (Phi) is 5.99. The fourth-order valence-corrected chi connectivity index (χ4v) is 2.90. The summed E-state index contributed by atoms with van der Waals surface area (Å²) < 4.78 is 7.83. The van der Waals surface area contributed by atoms with Gasteiger partial charge in [-0.05, 0) is 51.3 Å². The highest BCUT2D eigenvalue weighted by Crippen LogP contribution is 2.22. The third-order valence-corrected chi connectivity index (χ3v) is 4.46. The predicted octanol–water partition coefficient (Wildman–Crippen LogP) is 1.18. The molecule has 2 amide bonds. The van der Waals surface area contributed by atoms with E-state index >= 15 is 0 Å². The monoisotopic (exact) mass is 344 g/mol. The summed E-state index contributed by atoms with van der Waals surface area (Å²) >= 11 is 0. The minimum atomic E-state index is -0.837. The molecule has 2 rings (SSSR count). The van der Waals surface area contributed by atoms with Crippen LogP contribution in [0.1, 0.15) is 36.7 Å². The van der Waals surface area contributed by atoms with Gasteiger partial charge in [-0.1, -0.05) is 0 Å². The first-order chi connectivity index (χ1) is 11.8. The second kappa shape index (κ2) is 7.99. The number of aryl methyl sites for hydroxylation is 1. The Morgan fingerprint density at radius 3 is 2.84 bits per heavy atom. The van der Waals surface area contributed by atoms with Crippen molar-refractivity contribution in [3.8, 4) is 6.07 Å². The summed E-state index contributed by atoms with van der Waals surface area (Å²) in [5.41, 5.74) is 7.88. The molecule has 7 heteroatoms. The Morgan fingerprint density at radius 2 is 2.28 bits per heavy atom. The molecule has 0 aliphatic carbocycles. The fourth-order valence-electron chi connectivity index (χ4n) is 2.90. The smallest absolute Gasteiger partial charge is 0.262 e. The van der Waals surface area contributed by atoms with Gasteiger partial charge in [0, 0.05) is 24.5 Å². The van der Waals surface area contributed by atoms with Gasteiger partial charge in [0.05, 0.1) is 6.10 Å². The lowest BCUT2D eigenvalue weighted by molar-refractivity contribution is -0.124. The second-order valence-corrected chi connectivity index (χ2v) is 6.34. The SMILES string of the molecule is Cc1cc(/C=C(\C#N)C(=O)NC(C)C(N)=O)c(C)n1CC1CCCO1. The molecule has 1 aromatic rings. The van der Waals surface area contributed by atoms with E-state index < -0.39 is 17.9 Å². The van der Waals surface area contributed by atoms with Gasteiger partial charge in [-0.3, -0.25) is 9.59 Å². The predicted molar refractivity (Wildman–Crippen MR) is 93.3 cm³/mol. The maximum absolute atomic E-state index is 12.1. The maximum Gasteiger partial charge on any atom is 0.262 e. The topological polar surface area (TPSA) is 110 Å². The van der Waals surface area contributed by atoms with Crippen LogP contribution in [0.15, 0.2) is 11.6 Å². The Morgan fingerprint density at radius 1 is 1.56 bits per heavy atom. The number of aromatic nitrogens is 1. The van der Waals surface area contributed by atoms with Crippen LogP contribution in [0, 0.1) is 25.2 Å². The zero-order valence-electron chi connectivity index (χ0n) is 14.8. The van der Waals surface area contributed by atoms with Gasteiger partial charge in [-0.15, -0.1) is 0 Å². The molecule has 0 bridgehead atoms. The number of hydrogen-bond donors (Lipinski definition) is 2. The lowest BCUT2D eigenvalue weighted by atomic mass is 10.1. The Balaban J connectivity index is 2.21. The number of amides is 2. The van der Waals surface area contributed by atoms with Gasteiger partial charge in [0.2, 0.25) is 5.91 Å². The molecule has 1 aliphatic rings. The van der Waals surface area contributed by atoms with Crippen molar-refractivity contribution < 1.29 is 14.3 Å². The Hall–Kier alpha value is -2.59. The van der Waals surface area contributed by atoms with Gasteiger partial charge in [-0.25, -0.2) is 0 Å². The van der Waals surface area contributed by atoms with Gasteiger partial charge in [0.1, 0.15) is 17.7 Å². The van der Waals surface area contributed by atoms with Crippen molar-refractivity contribution in [3.05, 3.63) is 28.6 Å². The van der Waals surface area contributed by atoms with Gasteiger partial charge < -0.3 is 20.4 Å². The van der Waals surface area contributed by atoms with Crippen LogP contribution in [0.2, 0.25) is 0 Å². The largest absolute Gasteiger partial charge is 0.376 e. The molecular formula is C18H24N4O3. The molecule has 7 nitrogen and oxygen atoms in total. The normalized spacial score (nSPS) is 18.6. The number of nitriles is 1. The van der Waals surface area contributed by atoms with Crippen molar-refractivity contribution in [3.63, 3.8) is 0 Å². The molecule has 2 heterocycles. The molecule has 0 aromatic carbocycles. The zero-order valence-corrected chi connectivity index (χ0v) is 14.8. The fraction of sp³-hybridized carbons (Fsp3) is 0.500. The number of nitrogens with two attached hydrogens (primary N) is 1. The number of ether oxygens (including phenoxy) is 1. The lowest BCUT2D eigenvalue weighted by Crippen LogP contribution is -2.42. The summed E-state index contributed by atoms with van der Waals surface area (Å²) in [5, 5.41) is 11.7. The molecule has 0 saturated carbocycles. The molecule has 134 valence electrons. The van der Waals surface area contributed by atoms with Crippen molar-refractivity contribution in [2.24, 2.45) is 5.73 Å². The van der Waals surface area contributed by atoms with E-state index in [1.807, 2.05) is 26.0 Å². The summed E-state index contributed by atoms with van der Waals surface area (Å²) in [5.74, 6) is -1.27. The van der Waals surface area contributed by atoms with Crippen LogP contribution in [0.25, 0.3) is 6.08 Å². The molecule has 1 aromatic heterocycles. The molecule has 0 spiro atoms. The Labute approximate surface area is 147 Å². The van der Waals surface area contributed by atoms with Crippen molar-refractivity contribution in [2.45, 2.75) is 52.3 Å². The van der Waals surface area contributed by atoms with E-state index in [1.54, 1.807) is 0 Å². The molecule has 2 atom stereocenters. The van der Waals surface area contributed by atoms with Crippen LogP contribution >= 0.6 is 0 Å². The van der Waals surface area contributed by atoms with Crippen molar-refractivity contribution in [1.29, 1.82) is 5.26 Å². The molecule has 3 N–H and O–H groups in total. The summed E-state index contributed by atoms with van der Waals surface area (Å²) in [6.45, 7) is 6.97. The first-order valence-corrected chi connectivity index (χ1v) is 8.33. The Bertz CT molecular complexity index is 736. The third-order valence-electron chi connectivity index (χ3n) is 4.46. The maximum atomic E-state index is 12.1. The number of primary amides is 1. The van der Waals surface area contributed by atoms with E-state index in [4.69, 9.17) is 10.5 Å². The van der Waals surface area contributed by atoms with E-state index in [0.717, 1.165) is 42.9 Å². The van der Waals surface area contributed by atoms with Gasteiger partial charge in [-0.2, -0.15) is 5.26 Å². The molecule has 1 saturated heterocycles. The van der Waals surface area contributed by atoms with Crippen molar-refractivity contribution in [2.75, 3.05) is 6.61 Å². The first kappa shape index (κ1) is 18.7. The quantitative estimate of drug-likeness (QED) is 0.596. The van der Waals surface area contributed by atoms with Crippen LogP contribution in [0.4, 0.5) is 0 Å². The van der Waals surface area contributed by atoms with E-state index in [-0.39, 0.29) is 11.7 Å². The molecule has 2 unspecified atom stereocenters. The van der Waals surface area contributed by atoms with Crippen molar-refractivity contribution in [1.82, 2.24) is 9.88 Å². The lowest BCUT2D eigenvalue weighted by Gasteiger charge is -2.14. The zero-order chi connectivity index (χ0) is 18.6. The highest BCUT2D eigenvalue weighted by Gasteiger charge is 2.20. The molecule has 1 fully saturated rings. The van der Waals surface area contributed by atoms with Crippen LogP contribution in [-0.2, 0) is 20.9 Å². The standard InChI is InChI=1S/C18H24N4O3/c1-11-7-14(13(3)22(11)10-16-5-4-6-25-16)8-15(9-19)18(24)21-12(2)17(20)23/h7-8,12,16H,4-6,10H2,1-3H3,(H2,20,23)(H,21,24)/b15-8+. The molecule has 0 radical (unpaired) electrons. The van der Waals surface area contributed by atoms with Gasteiger partial charge >= 0.3 is 0 Å². The number of hydrogen-bond acceptors (Lipinski definition) is 4. The molecule has 25 heavy (non-hydrogen) atoms. The van der Waals surface area contributed by atoms with Gasteiger partial charge in [0.25, 0.3) is 5.91 Å². The minimum Gasteiger partial charge on any atom is -0.376 e. The van der Waals surface area contributed by atoms with Crippen molar-refractivity contribution >= 4 is 17.9 Å². The number of rotatable bonds is 6. The molecule has 1 aliphatic heterocycles. The minimum absolute atomic E-state index is 0.0644.